The SMILES string of the molecule is CC(Oc1cccc(CO)c1)C(=O)Nc1cc(F)cc(F)c1. The van der Waals surface area contributed by atoms with Crippen LogP contribution in [0.3, 0.4) is 0 Å². The van der Waals surface area contributed by atoms with Crippen LogP contribution in [0.5, 0.6) is 5.75 Å². The van der Waals surface area contributed by atoms with Crippen LogP contribution in [0.15, 0.2) is 42.5 Å². The molecule has 0 saturated heterocycles. The zero-order valence-electron chi connectivity index (χ0n) is 11.8. The van der Waals surface area contributed by atoms with Crippen molar-refractivity contribution in [2.75, 3.05) is 5.32 Å². The molecule has 0 heterocycles. The number of aliphatic hydroxyl groups is 1. The second kappa shape index (κ2) is 7.00. The van der Waals surface area contributed by atoms with E-state index in [4.69, 9.17) is 9.84 Å². The molecule has 0 aliphatic rings. The molecule has 2 aromatic rings. The van der Waals surface area contributed by atoms with Gasteiger partial charge in [-0.15, -0.1) is 0 Å². The molecule has 1 amide bonds. The van der Waals surface area contributed by atoms with E-state index in [9.17, 15) is 13.6 Å². The van der Waals surface area contributed by atoms with Crippen molar-refractivity contribution in [3.05, 3.63) is 59.7 Å². The van der Waals surface area contributed by atoms with Crippen LogP contribution in [0.2, 0.25) is 0 Å². The van der Waals surface area contributed by atoms with Crippen molar-refractivity contribution in [2.45, 2.75) is 19.6 Å². The first kappa shape index (κ1) is 15.9. The normalized spacial score (nSPS) is 11.8. The lowest BCUT2D eigenvalue weighted by atomic mass is 10.2. The zero-order valence-corrected chi connectivity index (χ0v) is 11.8. The lowest BCUT2D eigenvalue weighted by molar-refractivity contribution is -0.122. The number of carbonyl (C=O) groups is 1. The topological polar surface area (TPSA) is 58.6 Å². The van der Waals surface area contributed by atoms with Gasteiger partial charge in [-0.3, -0.25) is 4.79 Å². The van der Waals surface area contributed by atoms with Gasteiger partial charge >= 0.3 is 0 Å². The molecule has 2 rings (SSSR count). The fraction of sp³-hybridized carbons (Fsp3) is 0.188. The van der Waals surface area contributed by atoms with E-state index in [0.29, 0.717) is 11.3 Å². The van der Waals surface area contributed by atoms with Crippen LogP contribution in [0.4, 0.5) is 14.5 Å². The Bertz CT molecular complexity index is 656. The predicted octanol–water partition coefficient (Wildman–Crippen LogP) is 2.86. The summed E-state index contributed by atoms with van der Waals surface area (Å²) in [4.78, 5) is 12.0. The third-order valence-electron chi connectivity index (χ3n) is 2.89. The number of amides is 1. The van der Waals surface area contributed by atoms with Gasteiger partial charge in [0.1, 0.15) is 17.4 Å². The monoisotopic (exact) mass is 307 g/mol. The Morgan fingerprint density at radius 1 is 1.23 bits per heavy atom. The maximum absolute atomic E-state index is 13.1. The number of anilines is 1. The summed E-state index contributed by atoms with van der Waals surface area (Å²) in [6.45, 7) is 1.37. The Morgan fingerprint density at radius 3 is 2.55 bits per heavy atom. The first-order chi connectivity index (χ1) is 10.5. The number of aliphatic hydroxyl groups excluding tert-OH is 1. The number of hydrogen-bond donors (Lipinski definition) is 2. The first-order valence-electron chi connectivity index (χ1n) is 6.61. The maximum atomic E-state index is 13.1. The summed E-state index contributed by atoms with van der Waals surface area (Å²) in [6.07, 6.45) is -0.875. The molecule has 0 saturated carbocycles. The van der Waals surface area contributed by atoms with E-state index in [1.807, 2.05) is 0 Å². The highest BCUT2D eigenvalue weighted by Crippen LogP contribution is 2.17. The molecular formula is C16H15F2NO3. The van der Waals surface area contributed by atoms with Gasteiger partial charge in [0, 0.05) is 11.8 Å². The Kier molecular flexibility index (Phi) is 5.06. The fourth-order valence-electron chi connectivity index (χ4n) is 1.84. The van der Waals surface area contributed by atoms with Gasteiger partial charge in [-0.1, -0.05) is 12.1 Å². The molecule has 4 nitrogen and oxygen atoms in total. The molecule has 0 radical (unpaired) electrons. The molecule has 2 N–H and O–H groups in total. The molecule has 6 heteroatoms. The van der Waals surface area contributed by atoms with Gasteiger partial charge < -0.3 is 15.2 Å². The van der Waals surface area contributed by atoms with E-state index in [1.165, 1.54) is 6.92 Å². The number of hydrogen-bond acceptors (Lipinski definition) is 3. The van der Waals surface area contributed by atoms with Crippen LogP contribution in [0.1, 0.15) is 12.5 Å². The van der Waals surface area contributed by atoms with Crippen molar-refractivity contribution >= 4 is 11.6 Å². The van der Waals surface area contributed by atoms with Crippen LogP contribution in [-0.2, 0) is 11.4 Å². The summed E-state index contributed by atoms with van der Waals surface area (Å²) in [6, 6.07) is 9.40. The third kappa shape index (κ3) is 4.26. The van der Waals surface area contributed by atoms with Crippen LogP contribution >= 0.6 is 0 Å². The molecule has 0 spiro atoms. The standard InChI is InChI=1S/C16H15F2NO3/c1-10(22-15-4-2-3-11(5-15)9-20)16(21)19-14-7-12(17)6-13(18)8-14/h2-8,10,20H,9H2,1H3,(H,19,21). The first-order valence-corrected chi connectivity index (χ1v) is 6.61. The van der Waals surface area contributed by atoms with Crippen LogP contribution < -0.4 is 10.1 Å². The Morgan fingerprint density at radius 2 is 1.91 bits per heavy atom. The highest BCUT2D eigenvalue weighted by molar-refractivity contribution is 5.94. The minimum absolute atomic E-state index is 0.0158. The molecule has 116 valence electrons. The van der Waals surface area contributed by atoms with Crippen LogP contribution in [-0.4, -0.2) is 17.1 Å². The average molecular weight is 307 g/mol. The number of rotatable bonds is 5. The highest BCUT2D eigenvalue weighted by Gasteiger charge is 2.15. The van der Waals surface area contributed by atoms with Gasteiger partial charge in [0.25, 0.3) is 5.91 Å². The zero-order chi connectivity index (χ0) is 16.1. The lowest BCUT2D eigenvalue weighted by Crippen LogP contribution is -2.30. The minimum Gasteiger partial charge on any atom is -0.481 e. The van der Waals surface area contributed by atoms with Crippen molar-refractivity contribution in [1.82, 2.24) is 0 Å². The van der Waals surface area contributed by atoms with E-state index in [0.717, 1.165) is 18.2 Å². The largest absolute Gasteiger partial charge is 0.481 e. The van der Waals surface area contributed by atoms with Gasteiger partial charge in [0.15, 0.2) is 6.10 Å². The minimum atomic E-state index is -0.875. The summed E-state index contributed by atoms with van der Waals surface area (Å²) in [5.41, 5.74) is 0.666. The third-order valence-corrected chi connectivity index (χ3v) is 2.89. The van der Waals surface area contributed by atoms with E-state index in [-0.39, 0.29) is 12.3 Å². The lowest BCUT2D eigenvalue weighted by Gasteiger charge is -2.15. The van der Waals surface area contributed by atoms with Crippen molar-refractivity contribution < 1.29 is 23.4 Å². The molecule has 1 atom stereocenters. The Hall–Kier alpha value is -2.47. The molecule has 0 bridgehead atoms. The Labute approximate surface area is 126 Å². The Balaban J connectivity index is 2.02. The van der Waals surface area contributed by atoms with Crippen molar-refractivity contribution in [3.8, 4) is 5.75 Å². The summed E-state index contributed by atoms with van der Waals surface area (Å²) < 4.78 is 31.6. The van der Waals surface area contributed by atoms with Gasteiger partial charge in [-0.25, -0.2) is 8.78 Å². The summed E-state index contributed by atoms with van der Waals surface area (Å²) in [7, 11) is 0. The summed E-state index contributed by atoms with van der Waals surface area (Å²) in [5, 5.41) is 11.4. The van der Waals surface area contributed by atoms with E-state index >= 15 is 0 Å². The molecule has 0 fully saturated rings. The average Bonchev–Trinajstić information content (AvgIpc) is 2.46. The highest BCUT2D eigenvalue weighted by atomic mass is 19.1. The summed E-state index contributed by atoms with van der Waals surface area (Å²) >= 11 is 0. The van der Waals surface area contributed by atoms with Gasteiger partial charge in [-0.2, -0.15) is 0 Å². The molecule has 0 aliphatic carbocycles. The second-order valence-electron chi connectivity index (χ2n) is 4.71. The van der Waals surface area contributed by atoms with Gasteiger partial charge in [-0.05, 0) is 36.8 Å². The van der Waals surface area contributed by atoms with E-state index < -0.39 is 23.6 Å². The molecule has 0 aliphatic heterocycles. The molecule has 0 aromatic heterocycles. The van der Waals surface area contributed by atoms with Gasteiger partial charge in [0.05, 0.1) is 6.61 Å². The number of halogens is 2. The molecule has 22 heavy (non-hydrogen) atoms. The number of carbonyl (C=O) groups excluding carboxylic acids is 1. The molecular weight excluding hydrogens is 292 g/mol. The summed E-state index contributed by atoms with van der Waals surface area (Å²) in [5.74, 6) is -1.68. The predicted molar refractivity (Wildman–Crippen MR) is 77.4 cm³/mol. The molecule has 1 unspecified atom stereocenters. The quantitative estimate of drug-likeness (QED) is 0.893. The van der Waals surface area contributed by atoms with Crippen molar-refractivity contribution in [1.29, 1.82) is 0 Å². The second-order valence-corrected chi connectivity index (χ2v) is 4.71. The van der Waals surface area contributed by atoms with E-state index in [1.54, 1.807) is 24.3 Å². The number of benzene rings is 2. The van der Waals surface area contributed by atoms with E-state index in [2.05, 4.69) is 5.32 Å². The van der Waals surface area contributed by atoms with Gasteiger partial charge in [0.2, 0.25) is 0 Å². The molecule has 2 aromatic carbocycles. The fourth-order valence-corrected chi connectivity index (χ4v) is 1.84. The number of nitrogens with one attached hydrogen (secondary N) is 1. The number of ether oxygens (including phenoxy) is 1. The van der Waals surface area contributed by atoms with Crippen molar-refractivity contribution in [3.63, 3.8) is 0 Å². The van der Waals surface area contributed by atoms with Crippen molar-refractivity contribution in [2.24, 2.45) is 0 Å². The smallest absolute Gasteiger partial charge is 0.265 e. The van der Waals surface area contributed by atoms with Crippen LogP contribution in [0.25, 0.3) is 0 Å². The van der Waals surface area contributed by atoms with Crippen LogP contribution in [0, 0.1) is 11.6 Å². The maximum Gasteiger partial charge on any atom is 0.265 e.